The van der Waals surface area contributed by atoms with Gasteiger partial charge in [-0.1, -0.05) is 147 Å². The number of hydrogen-bond acceptors (Lipinski definition) is 2. The minimum Gasteiger partial charge on any atom is -0.310 e. The van der Waals surface area contributed by atoms with Crippen molar-refractivity contribution in [2.24, 2.45) is 0 Å². The first-order valence-electron chi connectivity index (χ1n) is 20.3. The Balaban J connectivity index is 1.04. The Labute approximate surface area is 337 Å². The van der Waals surface area contributed by atoms with Gasteiger partial charge in [0.15, 0.2) is 0 Å². The van der Waals surface area contributed by atoms with Crippen molar-refractivity contribution in [1.29, 1.82) is 0 Å². The molecule has 0 radical (unpaired) electrons. The average molecular weight is 751 g/mol. The standard InChI is InChI=1S/C54H42N2S/c1-4-15-40(16-5-1)54(35-12-3-13-36-54)41-28-32-44(33-29-41)55(49-22-14-24-52-53(49)47-20-9-11-23-51(47)57-52)43-30-25-38(26-31-43)39-27-34-46-45-19-8-10-21-48(45)56(50(46)37-39)42-17-6-2-7-18-42/h1-2,4-11,14-34,37H,3,12-13,35-36H2. The van der Waals surface area contributed by atoms with Crippen LogP contribution in [0.1, 0.15) is 43.2 Å². The van der Waals surface area contributed by atoms with Crippen LogP contribution in [0.25, 0.3) is 58.8 Å². The zero-order chi connectivity index (χ0) is 37.8. The molecule has 2 heterocycles. The highest BCUT2D eigenvalue weighted by atomic mass is 32.1. The first-order chi connectivity index (χ1) is 28.2. The number of hydrogen-bond donors (Lipinski definition) is 0. The van der Waals surface area contributed by atoms with Gasteiger partial charge in [0.1, 0.15) is 0 Å². The third-order valence-corrected chi connectivity index (χ3v) is 13.6. The molecule has 1 aliphatic carbocycles. The molecule has 8 aromatic carbocycles. The summed E-state index contributed by atoms with van der Waals surface area (Å²) in [7, 11) is 0. The fourth-order valence-electron chi connectivity index (χ4n) is 9.76. The van der Waals surface area contributed by atoms with Gasteiger partial charge in [-0.25, -0.2) is 0 Å². The Bertz CT molecular complexity index is 3020. The van der Waals surface area contributed by atoms with E-state index in [0.29, 0.717) is 0 Å². The van der Waals surface area contributed by atoms with E-state index in [0.717, 1.165) is 5.69 Å². The van der Waals surface area contributed by atoms with Crippen molar-refractivity contribution in [3.8, 4) is 16.8 Å². The Morgan fingerprint density at radius 3 is 1.81 bits per heavy atom. The van der Waals surface area contributed by atoms with Gasteiger partial charge in [-0.15, -0.1) is 11.3 Å². The monoisotopic (exact) mass is 750 g/mol. The summed E-state index contributed by atoms with van der Waals surface area (Å²) < 4.78 is 5.02. The summed E-state index contributed by atoms with van der Waals surface area (Å²) in [6.45, 7) is 0. The van der Waals surface area contributed by atoms with Crippen LogP contribution in [0, 0.1) is 0 Å². The quantitative estimate of drug-likeness (QED) is 0.157. The van der Waals surface area contributed by atoms with E-state index in [1.165, 1.54) is 113 Å². The molecule has 1 saturated carbocycles. The molecule has 0 amide bonds. The minimum absolute atomic E-state index is 0.0570. The highest BCUT2D eigenvalue weighted by Crippen LogP contribution is 2.48. The molecule has 0 spiro atoms. The molecule has 1 fully saturated rings. The Morgan fingerprint density at radius 2 is 1.04 bits per heavy atom. The third-order valence-electron chi connectivity index (χ3n) is 12.5. The van der Waals surface area contributed by atoms with Gasteiger partial charge in [0.25, 0.3) is 0 Å². The van der Waals surface area contributed by atoms with Crippen molar-refractivity contribution in [2.45, 2.75) is 37.5 Å². The summed E-state index contributed by atoms with van der Waals surface area (Å²) in [4.78, 5) is 2.47. The number of para-hydroxylation sites is 2. The molecule has 2 aromatic heterocycles. The van der Waals surface area contributed by atoms with Crippen LogP contribution in [-0.4, -0.2) is 4.57 Å². The number of nitrogens with zero attached hydrogens (tertiary/aromatic N) is 2. The molecule has 1 aliphatic rings. The second kappa shape index (κ2) is 14.0. The lowest BCUT2D eigenvalue weighted by molar-refractivity contribution is 0.346. The fourth-order valence-corrected chi connectivity index (χ4v) is 10.9. The van der Waals surface area contributed by atoms with Gasteiger partial charge in [0, 0.05) is 53.4 Å². The van der Waals surface area contributed by atoms with E-state index in [2.05, 4.69) is 204 Å². The van der Waals surface area contributed by atoms with Crippen LogP contribution in [0.4, 0.5) is 17.1 Å². The highest BCUT2D eigenvalue weighted by molar-refractivity contribution is 7.26. The largest absolute Gasteiger partial charge is 0.310 e. The van der Waals surface area contributed by atoms with Crippen LogP contribution in [0.3, 0.4) is 0 Å². The summed E-state index contributed by atoms with van der Waals surface area (Å²) in [5, 5.41) is 5.15. The van der Waals surface area contributed by atoms with E-state index in [4.69, 9.17) is 0 Å². The van der Waals surface area contributed by atoms with Crippen LogP contribution < -0.4 is 4.90 Å². The maximum absolute atomic E-state index is 2.47. The Kier molecular flexibility index (Phi) is 8.29. The third kappa shape index (κ3) is 5.68. The molecule has 11 rings (SSSR count). The highest BCUT2D eigenvalue weighted by Gasteiger charge is 2.35. The maximum atomic E-state index is 2.47. The maximum Gasteiger partial charge on any atom is 0.0554 e. The molecule has 10 aromatic rings. The molecule has 0 N–H and O–H groups in total. The molecule has 2 nitrogen and oxygen atoms in total. The zero-order valence-electron chi connectivity index (χ0n) is 31.8. The van der Waals surface area contributed by atoms with Gasteiger partial charge >= 0.3 is 0 Å². The van der Waals surface area contributed by atoms with Crippen LogP contribution >= 0.6 is 11.3 Å². The molecular weight excluding hydrogens is 709 g/mol. The van der Waals surface area contributed by atoms with Crippen LogP contribution in [-0.2, 0) is 5.41 Å². The Hall–Kier alpha value is -6.42. The molecule has 0 atom stereocenters. The molecule has 0 aliphatic heterocycles. The number of anilines is 3. The van der Waals surface area contributed by atoms with Gasteiger partial charge in [-0.05, 0) is 102 Å². The van der Waals surface area contributed by atoms with Crippen molar-refractivity contribution in [2.75, 3.05) is 4.90 Å². The Morgan fingerprint density at radius 1 is 0.439 bits per heavy atom. The zero-order valence-corrected chi connectivity index (χ0v) is 32.6. The number of rotatable bonds is 7. The SMILES string of the molecule is c1ccc(-n2c3ccccc3c3ccc(-c4ccc(N(c5ccc(C6(c7ccccc7)CCCCC6)cc5)c5cccc6sc7ccccc7c56)cc4)cc32)cc1. The first-order valence-corrected chi connectivity index (χ1v) is 21.1. The van der Waals surface area contributed by atoms with Crippen molar-refractivity contribution in [1.82, 2.24) is 4.57 Å². The number of aromatic nitrogens is 1. The second-order valence-electron chi connectivity index (χ2n) is 15.6. The number of fused-ring (bicyclic) bond motifs is 6. The van der Waals surface area contributed by atoms with Crippen molar-refractivity contribution in [3.63, 3.8) is 0 Å². The van der Waals surface area contributed by atoms with Crippen molar-refractivity contribution >= 4 is 70.4 Å². The molecule has 3 heteroatoms. The van der Waals surface area contributed by atoms with Crippen LogP contribution in [0.15, 0.2) is 194 Å². The molecule has 274 valence electrons. The van der Waals surface area contributed by atoms with E-state index in [1.54, 1.807) is 0 Å². The number of benzene rings is 8. The van der Waals surface area contributed by atoms with Crippen molar-refractivity contribution < 1.29 is 0 Å². The van der Waals surface area contributed by atoms with Gasteiger partial charge in [-0.2, -0.15) is 0 Å². The van der Waals surface area contributed by atoms with Crippen LogP contribution in [0.2, 0.25) is 0 Å². The van der Waals surface area contributed by atoms with E-state index < -0.39 is 0 Å². The molecule has 0 unspecified atom stereocenters. The summed E-state index contributed by atoms with van der Waals surface area (Å²) in [5.74, 6) is 0. The predicted molar refractivity (Wildman–Crippen MR) is 244 cm³/mol. The lowest BCUT2D eigenvalue weighted by atomic mass is 9.65. The minimum atomic E-state index is 0.0570. The van der Waals surface area contributed by atoms with Gasteiger partial charge < -0.3 is 9.47 Å². The smallest absolute Gasteiger partial charge is 0.0554 e. The second-order valence-corrected chi connectivity index (χ2v) is 16.7. The molecular formula is C54H42N2S. The normalized spacial score (nSPS) is 14.1. The van der Waals surface area contributed by atoms with E-state index in [9.17, 15) is 0 Å². The summed E-state index contributed by atoms with van der Waals surface area (Å²) in [6.07, 6.45) is 6.24. The predicted octanol–water partition coefficient (Wildman–Crippen LogP) is 15.5. The molecule has 0 bridgehead atoms. The molecule has 57 heavy (non-hydrogen) atoms. The lowest BCUT2D eigenvalue weighted by Crippen LogP contribution is -2.30. The van der Waals surface area contributed by atoms with E-state index in [-0.39, 0.29) is 5.41 Å². The lowest BCUT2D eigenvalue weighted by Gasteiger charge is -2.39. The van der Waals surface area contributed by atoms with Crippen molar-refractivity contribution in [3.05, 3.63) is 205 Å². The summed E-state index contributed by atoms with van der Waals surface area (Å²) in [5.41, 5.74) is 12.5. The fraction of sp³-hybridized carbons (Fsp3) is 0.111. The average Bonchev–Trinajstić information content (AvgIpc) is 3.84. The van der Waals surface area contributed by atoms with Gasteiger partial charge in [-0.3, -0.25) is 0 Å². The van der Waals surface area contributed by atoms with E-state index in [1.807, 2.05) is 11.3 Å². The summed E-state index contributed by atoms with van der Waals surface area (Å²) >= 11 is 1.87. The van der Waals surface area contributed by atoms with Gasteiger partial charge in [0.2, 0.25) is 0 Å². The topological polar surface area (TPSA) is 8.17 Å². The molecule has 0 saturated heterocycles. The van der Waals surface area contributed by atoms with E-state index >= 15 is 0 Å². The van der Waals surface area contributed by atoms with Crippen LogP contribution in [0.5, 0.6) is 0 Å². The summed E-state index contributed by atoms with van der Waals surface area (Å²) in [6, 6.07) is 72.0. The van der Waals surface area contributed by atoms with Gasteiger partial charge in [0.05, 0.1) is 16.7 Å². The first kappa shape index (κ1) is 33.9. The number of thiophene rings is 1.